The van der Waals surface area contributed by atoms with Gasteiger partial charge in [0.25, 0.3) is 0 Å². The van der Waals surface area contributed by atoms with Crippen LogP contribution in [0.25, 0.3) is 21.9 Å². The van der Waals surface area contributed by atoms with Crippen LogP contribution in [0.4, 0.5) is 38.0 Å². The topological polar surface area (TPSA) is 57.7 Å². The Morgan fingerprint density at radius 2 is 1.82 bits per heavy atom. The van der Waals surface area contributed by atoms with Crippen molar-refractivity contribution in [1.29, 1.82) is 0 Å². The Kier molecular flexibility index (Phi) is 3.91. The fourth-order valence-corrected chi connectivity index (χ4v) is 3.00. The van der Waals surface area contributed by atoms with Gasteiger partial charge in [-0.05, 0) is 18.2 Å². The molecule has 0 bridgehead atoms. The fraction of sp³-hybridized carbons (Fsp3) is 0.118. The summed E-state index contributed by atoms with van der Waals surface area (Å²) in [5.41, 5.74) is 1.50. The number of halogens is 6. The number of anilines is 2. The van der Waals surface area contributed by atoms with Crippen LogP contribution in [0.2, 0.25) is 0 Å². The highest BCUT2D eigenvalue weighted by Crippen LogP contribution is 2.35. The zero-order valence-corrected chi connectivity index (χ0v) is 14.0. The van der Waals surface area contributed by atoms with Crippen molar-refractivity contribution in [2.45, 2.75) is 6.18 Å². The number of rotatable bonds is 3. The van der Waals surface area contributed by atoms with E-state index in [2.05, 4.69) is 20.7 Å². The van der Waals surface area contributed by atoms with Gasteiger partial charge in [0.1, 0.15) is 5.82 Å². The molecule has 0 fully saturated rings. The van der Waals surface area contributed by atoms with E-state index in [0.717, 1.165) is 6.07 Å². The number of H-pyrrole nitrogens is 1. The van der Waals surface area contributed by atoms with Crippen LogP contribution in [0.3, 0.4) is 0 Å². The lowest BCUT2D eigenvalue weighted by atomic mass is 10.2. The molecule has 11 heteroatoms. The molecule has 146 valence electrons. The Morgan fingerprint density at radius 1 is 1.07 bits per heavy atom. The van der Waals surface area contributed by atoms with Gasteiger partial charge in [-0.15, -0.1) is 0 Å². The summed E-state index contributed by atoms with van der Waals surface area (Å²) in [4.78, 5) is 6.78. The van der Waals surface area contributed by atoms with Crippen molar-refractivity contribution in [3.8, 4) is 0 Å². The number of aromatic amines is 1. The zero-order valence-electron chi connectivity index (χ0n) is 14.0. The summed E-state index contributed by atoms with van der Waals surface area (Å²) >= 11 is 0. The second kappa shape index (κ2) is 6.08. The standard InChI is InChI=1S/C17H11F6N5/c1-24-28-13-5-9(19)7(17(21,22)23)4-11(13)26-16(28)27-12-6-25-10-3-2-8(18)15(20)14(10)12/h2-6,24-25H,1H3,(H,26,27). The molecule has 0 unspecified atom stereocenters. The average Bonchev–Trinajstić information content (AvgIpc) is 3.17. The fourth-order valence-electron chi connectivity index (χ4n) is 3.00. The van der Waals surface area contributed by atoms with Crippen LogP contribution in [0.15, 0.2) is 30.5 Å². The molecule has 28 heavy (non-hydrogen) atoms. The molecular weight excluding hydrogens is 388 g/mol. The summed E-state index contributed by atoms with van der Waals surface area (Å²) in [5, 5.41) is 2.64. The molecular formula is C17H11F6N5. The van der Waals surface area contributed by atoms with Crippen LogP contribution < -0.4 is 10.7 Å². The zero-order chi connectivity index (χ0) is 20.2. The minimum atomic E-state index is -4.88. The summed E-state index contributed by atoms with van der Waals surface area (Å²) in [6.45, 7) is 0. The summed E-state index contributed by atoms with van der Waals surface area (Å²) in [5.74, 6) is -3.66. The summed E-state index contributed by atoms with van der Waals surface area (Å²) in [6, 6.07) is 3.58. The number of imidazole rings is 1. The molecule has 4 rings (SSSR count). The maximum Gasteiger partial charge on any atom is 0.419 e. The first-order valence-corrected chi connectivity index (χ1v) is 7.89. The van der Waals surface area contributed by atoms with Crippen molar-refractivity contribution >= 4 is 33.6 Å². The number of hydrogen-bond donors (Lipinski definition) is 3. The third-order valence-electron chi connectivity index (χ3n) is 4.25. The molecule has 0 amide bonds. The number of benzene rings is 2. The van der Waals surface area contributed by atoms with Gasteiger partial charge < -0.3 is 15.7 Å². The van der Waals surface area contributed by atoms with Gasteiger partial charge in [0, 0.05) is 19.3 Å². The van der Waals surface area contributed by atoms with Crippen LogP contribution in [0.1, 0.15) is 5.56 Å². The molecule has 0 aliphatic rings. The highest BCUT2D eigenvalue weighted by atomic mass is 19.4. The number of fused-ring (bicyclic) bond motifs is 2. The van der Waals surface area contributed by atoms with Crippen molar-refractivity contribution in [3.63, 3.8) is 0 Å². The quantitative estimate of drug-likeness (QED) is 0.431. The monoisotopic (exact) mass is 399 g/mol. The Labute approximate surface area is 152 Å². The van der Waals surface area contributed by atoms with Crippen LogP contribution in [-0.4, -0.2) is 21.7 Å². The second-order valence-corrected chi connectivity index (χ2v) is 5.92. The number of nitrogens with zero attached hydrogens (tertiary/aromatic N) is 2. The van der Waals surface area contributed by atoms with Gasteiger partial charge in [-0.3, -0.25) is 0 Å². The molecule has 0 saturated carbocycles. The molecule has 0 aliphatic heterocycles. The predicted molar refractivity (Wildman–Crippen MR) is 91.5 cm³/mol. The van der Waals surface area contributed by atoms with Crippen molar-refractivity contribution in [2.75, 3.05) is 17.8 Å². The van der Waals surface area contributed by atoms with E-state index < -0.39 is 29.2 Å². The minimum Gasteiger partial charge on any atom is -0.359 e. The Balaban J connectivity index is 1.87. The van der Waals surface area contributed by atoms with Crippen LogP contribution in [-0.2, 0) is 6.18 Å². The first-order valence-electron chi connectivity index (χ1n) is 7.89. The number of hydrogen-bond acceptors (Lipinski definition) is 3. The maximum atomic E-state index is 14.2. The molecule has 2 aromatic carbocycles. The van der Waals surface area contributed by atoms with Crippen molar-refractivity contribution in [2.24, 2.45) is 0 Å². The molecule has 0 saturated heterocycles. The van der Waals surface area contributed by atoms with E-state index >= 15 is 0 Å². The van der Waals surface area contributed by atoms with Crippen LogP contribution >= 0.6 is 0 Å². The molecule has 2 heterocycles. The van der Waals surface area contributed by atoms with E-state index in [9.17, 15) is 26.3 Å². The van der Waals surface area contributed by atoms with Gasteiger partial charge >= 0.3 is 6.18 Å². The first-order chi connectivity index (χ1) is 13.2. The number of alkyl halides is 3. The second-order valence-electron chi connectivity index (χ2n) is 5.92. The predicted octanol–water partition coefficient (Wildman–Crippen LogP) is 4.87. The van der Waals surface area contributed by atoms with Gasteiger partial charge in [0.15, 0.2) is 11.6 Å². The third kappa shape index (κ3) is 2.70. The largest absolute Gasteiger partial charge is 0.419 e. The SMILES string of the molecule is CNn1c(Nc2c[nH]c3ccc(F)c(F)c23)nc2cc(C(F)(F)F)c(F)cc21. The molecule has 0 radical (unpaired) electrons. The highest BCUT2D eigenvalue weighted by molar-refractivity contribution is 5.95. The highest BCUT2D eigenvalue weighted by Gasteiger charge is 2.35. The maximum absolute atomic E-state index is 14.2. The lowest BCUT2D eigenvalue weighted by Crippen LogP contribution is -2.12. The first kappa shape index (κ1) is 18.0. The third-order valence-corrected chi connectivity index (χ3v) is 4.25. The Bertz CT molecular complexity index is 1210. The molecule has 4 aromatic rings. The van der Waals surface area contributed by atoms with Gasteiger partial charge in [0.05, 0.1) is 33.2 Å². The number of aromatic nitrogens is 3. The number of nitrogens with one attached hydrogen (secondary N) is 3. The smallest absolute Gasteiger partial charge is 0.359 e. The van der Waals surface area contributed by atoms with Crippen LogP contribution in [0.5, 0.6) is 0 Å². The minimum absolute atomic E-state index is 0.0296. The Hall–Kier alpha value is -3.37. The van der Waals surface area contributed by atoms with Gasteiger partial charge in [-0.2, -0.15) is 13.2 Å². The summed E-state index contributed by atoms with van der Waals surface area (Å²) in [7, 11) is 1.44. The molecule has 0 aliphatic carbocycles. The molecule has 0 spiro atoms. The van der Waals surface area contributed by atoms with E-state index in [0.29, 0.717) is 17.6 Å². The molecule has 0 atom stereocenters. The summed E-state index contributed by atoms with van der Waals surface area (Å²) < 4.78 is 81.7. The van der Waals surface area contributed by atoms with Gasteiger partial charge in [-0.1, -0.05) is 0 Å². The lowest BCUT2D eigenvalue weighted by molar-refractivity contribution is -0.139. The van der Waals surface area contributed by atoms with E-state index in [1.54, 1.807) is 0 Å². The Morgan fingerprint density at radius 3 is 2.50 bits per heavy atom. The molecule has 3 N–H and O–H groups in total. The molecule has 5 nitrogen and oxygen atoms in total. The van der Waals surface area contributed by atoms with Gasteiger partial charge in [0.2, 0.25) is 5.95 Å². The van der Waals surface area contributed by atoms with Gasteiger partial charge in [-0.25, -0.2) is 22.8 Å². The average molecular weight is 399 g/mol. The van der Waals surface area contributed by atoms with Crippen molar-refractivity contribution in [3.05, 3.63) is 53.5 Å². The molecule has 2 aromatic heterocycles. The van der Waals surface area contributed by atoms with E-state index in [1.807, 2.05) is 0 Å². The van der Waals surface area contributed by atoms with E-state index in [1.165, 1.54) is 24.0 Å². The normalized spacial score (nSPS) is 12.1. The van der Waals surface area contributed by atoms with Crippen LogP contribution in [0, 0.1) is 17.5 Å². The van der Waals surface area contributed by atoms with Crippen molar-refractivity contribution < 1.29 is 26.3 Å². The van der Waals surface area contributed by atoms with E-state index in [4.69, 9.17) is 0 Å². The summed E-state index contributed by atoms with van der Waals surface area (Å²) in [6.07, 6.45) is -3.53. The lowest BCUT2D eigenvalue weighted by Gasteiger charge is -2.10. The van der Waals surface area contributed by atoms with E-state index in [-0.39, 0.29) is 28.1 Å². The van der Waals surface area contributed by atoms with Crippen molar-refractivity contribution in [1.82, 2.24) is 14.6 Å².